The molecule has 25 heavy (non-hydrogen) atoms. The van der Waals surface area contributed by atoms with Gasteiger partial charge in [-0.15, -0.1) is 0 Å². The van der Waals surface area contributed by atoms with Gasteiger partial charge < -0.3 is 14.4 Å². The number of benzene rings is 1. The normalized spacial score (nSPS) is 19.5. The van der Waals surface area contributed by atoms with E-state index < -0.39 is 29.8 Å². The van der Waals surface area contributed by atoms with Gasteiger partial charge in [0.15, 0.2) is 11.6 Å². The maximum Gasteiger partial charge on any atom is 0.328 e. The Hall–Kier alpha value is -3.03. The quantitative estimate of drug-likeness (QED) is 0.780. The van der Waals surface area contributed by atoms with Crippen LogP contribution in [0.15, 0.2) is 42.9 Å². The summed E-state index contributed by atoms with van der Waals surface area (Å²) in [7, 11) is 1.25. The van der Waals surface area contributed by atoms with E-state index in [4.69, 9.17) is 9.47 Å². The van der Waals surface area contributed by atoms with E-state index in [-0.39, 0.29) is 24.4 Å². The summed E-state index contributed by atoms with van der Waals surface area (Å²) in [5.74, 6) is -1.44. The topological polar surface area (TPSA) is 81.6 Å². The first-order valence-electron chi connectivity index (χ1n) is 7.66. The van der Waals surface area contributed by atoms with Crippen molar-refractivity contribution in [3.05, 3.63) is 54.4 Å². The van der Waals surface area contributed by atoms with E-state index in [2.05, 4.69) is 9.97 Å². The maximum absolute atomic E-state index is 13.8. The number of halogens is 1. The minimum absolute atomic E-state index is 0.0740. The third-order valence-corrected chi connectivity index (χ3v) is 3.91. The zero-order valence-electron chi connectivity index (χ0n) is 13.5. The lowest BCUT2D eigenvalue weighted by Crippen LogP contribution is -2.41. The van der Waals surface area contributed by atoms with Crippen LogP contribution < -0.4 is 4.74 Å². The average molecular weight is 345 g/mol. The van der Waals surface area contributed by atoms with Gasteiger partial charge in [0, 0.05) is 18.8 Å². The molecule has 8 heteroatoms. The van der Waals surface area contributed by atoms with Crippen LogP contribution in [-0.4, -0.2) is 52.5 Å². The Morgan fingerprint density at radius 2 is 2.08 bits per heavy atom. The molecule has 0 aliphatic carbocycles. The fraction of sp³-hybridized carbons (Fsp3) is 0.294. The molecule has 1 aliphatic rings. The van der Waals surface area contributed by atoms with Crippen LogP contribution in [0, 0.1) is 5.82 Å². The fourth-order valence-corrected chi connectivity index (χ4v) is 2.74. The number of para-hydroxylation sites is 1. The van der Waals surface area contributed by atoms with Crippen molar-refractivity contribution >= 4 is 11.9 Å². The Balaban J connectivity index is 1.80. The number of esters is 1. The van der Waals surface area contributed by atoms with Gasteiger partial charge in [-0.2, -0.15) is 0 Å². The number of amides is 1. The number of aromatic nitrogens is 2. The van der Waals surface area contributed by atoms with Crippen LogP contribution in [0.5, 0.6) is 5.75 Å². The van der Waals surface area contributed by atoms with Crippen LogP contribution in [0.25, 0.3) is 0 Å². The summed E-state index contributed by atoms with van der Waals surface area (Å²) in [4.78, 5) is 33.8. The van der Waals surface area contributed by atoms with Crippen molar-refractivity contribution in [3.63, 3.8) is 0 Å². The number of likely N-dealkylation sites (tertiary alicyclic amines) is 1. The largest absolute Gasteiger partial charge is 0.485 e. The van der Waals surface area contributed by atoms with Crippen molar-refractivity contribution in [2.75, 3.05) is 13.7 Å². The predicted octanol–water partition coefficient (Wildman–Crippen LogP) is 1.45. The second-order valence-electron chi connectivity index (χ2n) is 5.49. The number of carbonyl (C=O) groups excluding carboxylic acids is 2. The molecule has 2 aromatic rings. The average Bonchev–Trinajstić information content (AvgIpc) is 3.07. The number of hydrogen-bond donors (Lipinski definition) is 0. The number of nitrogens with zero attached hydrogens (tertiary/aromatic N) is 3. The molecule has 1 fully saturated rings. The summed E-state index contributed by atoms with van der Waals surface area (Å²) < 4.78 is 24.2. The highest BCUT2D eigenvalue weighted by atomic mass is 19.1. The number of rotatable bonds is 4. The van der Waals surface area contributed by atoms with Gasteiger partial charge in [0.1, 0.15) is 17.8 Å². The predicted molar refractivity (Wildman–Crippen MR) is 84.3 cm³/mol. The minimum atomic E-state index is -0.823. The van der Waals surface area contributed by atoms with Crippen molar-refractivity contribution in [1.82, 2.24) is 14.9 Å². The highest BCUT2D eigenvalue weighted by Gasteiger charge is 2.42. The summed E-state index contributed by atoms with van der Waals surface area (Å²) in [6.45, 7) is 0.115. The Kier molecular flexibility index (Phi) is 4.87. The molecule has 0 radical (unpaired) electrons. The van der Waals surface area contributed by atoms with E-state index in [1.165, 1.54) is 42.7 Å². The van der Waals surface area contributed by atoms with Crippen LogP contribution in [0.3, 0.4) is 0 Å². The minimum Gasteiger partial charge on any atom is -0.485 e. The molecule has 1 aromatic carbocycles. The lowest BCUT2D eigenvalue weighted by Gasteiger charge is -2.21. The van der Waals surface area contributed by atoms with Gasteiger partial charge in [-0.3, -0.25) is 9.78 Å². The van der Waals surface area contributed by atoms with Crippen molar-refractivity contribution in [3.8, 4) is 5.75 Å². The van der Waals surface area contributed by atoms with Gasteiger partial charge in [-0.05, 0) is 12.1 Å². The Morgan fingerprint density at radius 3 is 2.76 bits per heavy atom. The summed E-state index contributed by atoms with van der Waals surface area (Å²) in [6.07, 6.45) is 3.82. The fourth-order valence-electron chi connectivity index (χ4n) is 2.74. The third-order valence-electron chi connectivity index (χ3n) is 3.91. The lowest BCUT2D eigenvalue weighted by atomic mass is 10.2. The van der Waals surface area contributed by atoms with Crippen LogP contribution in [-0.2, 0) is 9.53 Å². The summed E-state index contributed by atoms with van der Waals surface area (Å²) in [5, 5.41) is 0. The van der Waals surface area contributed by atoms with Gasteiger partial charge in [-0.1, -0.05) is 12.1 Å². The molecule has 7 nitrogen and oxygen atoms in total. The molecule has 1 aromatic heterocycles. The third kappa shape index (κ3) is 3.57. The van der Waals surface area contributed by atoms with E-state index in [9.17, 15) is 14.0 Å². The van der Waals surface area contributed by atoms with Crippen molar-refractivity contribution < 1.29 is 23.5 Å². The highest BCUT2D eigenvalue weighted by Crippen LogP contribution is 2.26. The first kappa shape index (κ1) is 16.8. The van der Waals surface area contributed by atoms with Crippen molar-refractivity contribution in [2.45, 2.75) is 18.6 Å². The Morgan fingerprint density at radius 1 is 1.28 bits per heavy atom. The van der Waals surface area contributed by atoms with Crippen LogP contribution >= 0.6 is 0 Å². The molecule has 0 unspecified atom stereocenters. The maximum atomic E-state index is 13.8. The van der Waals surface area contributed by atoms with Crippen molar-refractivity contribution in [2.24, 2.45) is 0 Å². The number of hydrogen-bond acceptors (Lipinski definition) is 6. The first-order valence-corrected chi connectivity index (χ1v) is 7.66. The molecule has 1 aliphatic heterocycles. The van der Waals surface area contributed by atoms with E-state index in [0.29, 0.717) is 0 Å². The highest BCUT2D eigenvalue weighted by molar-refractivity contribution is 5.95. The zero-order valence-corrected chi connectivity index (χ0v) is 13.5. The molecule has 0 saturated carbocycles. The molecule has 2 heterocycles. The van der Waals surface area contributed by atoms with Crippen LogP contribution in [0.1, 0.15) is 16.9 Å². The second-order valence-corrected chi connectivity index (χ2v) is 5.49. The number of carbonyl (C=O) groups is 2. The summed E-state index contributed by atoms with van der Waals surface area (Å²) in [6, 6.07) is 5.16. The van der Waals surface area contributed by atoms with Crippen molar-refractivity contribution in [1.29, 1.82) is 0 Å². The summed E-state index contributed by atoms with van der Waals surface area (Å²) in [5.41, 5.74) is 0.114. The lowest BCUT2D eigenvalue weighted by molar-refractivity contribution is -0.145. The number of methoxy groups -OCH3 is 1. The van der Waals surface area contributed by atoms with Gasteiger partial charge in [0.25, 0.3) is 5.91 Å². The van der Waals surface area contributed by atoms with Gasteiger partial charge in [0.05, 0.1) is 19.9 Å². The van der Waals surface area contributed by atoms with E-state index in [1.807, 2.05) is 0 Å². The van der Waals surface area contributed by atoms with E-state index in [0.717, 1.165) is 0 Å². The molecule has 1 saturated heterocycles. The molecule has 1 amide bonds. The van der Waals surface area contributed by atoms with Crippen LogP contribution in [0.2, 0.25) is 0 Å². The molecular weight excluding hydrogens is 329 g/mol. The van der Waals surface area contributed by atoms with Gasteiger partial charge in [0.2, 0.25) is 0 Å². The molecule has 0 bridgehead atoms. The molecule has 0 spiro atoms. The molecule has 3 rings (SSSR count). The Labute approximate surface area is 143 Å². The van der Waals surface area contributed by atoms with Crippen LogP contribution in [0.4, 0.5) is 4.39 Å². The molecule has 2 atom stereocenters. The SMILES string of the molecule is COC(=O)[C@H]1C[C@H](Oc2ccccc2F)CN1C(=O)c1cnccn1. The second kappa shape index (κ2) is 7.25. The van der Waals surface area contributed by atoms with Gasteiger partial charge in [-0.25, -0.2) is 14.2 Å². The van der Waals surface area contributed by atoms with E-state index >= 15 is 0 Å². The molecule has 130 valence electrons. The Bertz CT molecular complexity index is 771. The summed E-state index contributed by atoms with van der Waals surface area (Å²) >= 11 is 0. The first-order chi connectivity index (χ1) is 12.1. The zero-order chi connectivity index (χ0) is 17.8. The smallest absolute Gasteiger partial charge is 0.328 e. The monoisotopic (exact) mass is 345 g/mol. The standard InChI is InChI=1S/C17H16FN3O4/c1-24-17(23)14-8-11(25-15-5-3-2-4-12(15)18)10-21(14)16(22)13-9-19-6-7-20-13/h2-7,9,11,14H,8,10H2,1H3/t11-,14+/m0/s1. The van der Waals surface area contributed by atoms with E-state index in [1.54, 1.807) is 12.1 Å². The van der Waals surface area contributed by atoms with Gasteiger partial charge >= 0.3 is 5.97 Å². The number of ether oxygens (including phenoxy) is 2. The molecular formula is C17H16FN3O4. The molecule has 0 N–H and O–H groups in total.